The van der Waals surface area contributed by atoms with Gasteiger partial charge in [0.2, 0.25) is 11.8 Å². The minimum Gasteiger partial charge on any atom is -0.477 e. The third-order valence-electron chi connectivity index (χ3n) is 17.6. The highest BCUT2D eigenvalue weighted by Crippen LogP contribution is 2.39. The first-order chi connectivity index (χ1) is 41.9. The van der Waals surface area contributed by atoms with E-state index in [9.17, 15) is 75.7 Å². The summed E-state index contributed by atoms with van der Waals surface area (Å²) in [5.74, 6) is -6.09. The van der Waals surface area contributed by atoms with Crippen LogP contribution in [0.25, 0.3) is 0 Å². The first-order valence-corrected chi connectivity index (χ1v) is 33.9. The number of aliphatic hydroxyl groups excluding tert-OH is 11. The number of nitrogens with one attached hydrogen (secondary N) is 2. The van der Waals surface area contributed by atoms with E-state index in [4.69, 9.17) is 28.4 Å². The first-order valence-electron chi connectivity index (χ1n) is 33.9. The molecule has 2 amide bonds. The van der Waals surface area contributed by atoms with Crippen LogP contribution in [0.15, 0.2) is 0 Å². The zero-order valence-electron chi connectivity index (χ0n) is 53.1. The number of amides is 2. The largest absolute Gasteiger partial charge is 0.477 e. The van der Waals surface area contributed by atoms with E-state index in [1.807, 2.05) is 0 Å². The van der Waals surface area contributed by atoms with Crippen LogP contribution in [-0.4, -0.2) is 215 Å². The summed E-state index contributed by atoms with van der Waals surface area (Å²) in [7, 11) is 0. The Kier molecular flexibility index (Phi) is 41.7. The van der Waals surface area contributed by atoms with E-state index in [2.05, 4.69) is 24.5 Å². The fourth-order valence-corrected chi connectivity index (χ4v) is 12.1. The number of carbonyl (C=O) groups excluding carboxylic acids is 2. The molecule has 18 atom stereocenters. The zero-order chi connectivity index (χ0) is 64.0. The molecule has 18 unspecified atom stereocenters. The summed E-state index contributed by atoms with van der Waals surface area (Å²) < 4.78 is 34.8. The molecule has 0 aromatic carbocycles. The second-order valence-electron chi connectivity index (χ2n) is 25.0. The van der Waals surface area contributed by atoms with Crippen LogP contribution in [0.5, 0.6) is 0 Å². The lowest BCUT2D eigenvalue weighted by molar-refractivity contribution is -0.386. The fraction of sp³-hybridized carbons (Fsp3) is 0.953. The molecule has 87 heavy (non-hydrogen) atoms. The van der Waals surface area contributed by atoms with Gasteiger partial charge >= 0.3 is 5.97 Å². The van der Waals surface area contributed by atoms with Crippen molar-refractivity contribution in [3.8, 4) is 0 Å². The first kappa shape index (κ1) is 79.0. The predicted octanol–water partition coefficient (Wildman–Crippen LogP) is 5.34. The Hall–Kier alpha value is -2.27. The van der Waals surface area contributed by atoms with Crippen molar-refractivity contribution < 1.29 is 104 Å². The smallest absolute Gasteiger partial charge is 0.364 e. The minimum atomic E-state index is -3.08. The molecule has 3 fully saturated rings. The Labute approximate surface area is 519 Å². The average Bonchev–Trinajstić information content (AvgIpc) is 0.960. The topological polar surface area (TPSA) is 373 Å². The molecule has 3 saturated heterocycles. The summed E-state index contributed by atoms with van der Waals surface area (Å²) in [6.45, 7) is 2.21. The molecule has 23 heteroatoms. The summed E-state index contributed by atoms with van der Waals surface area (Å²) in [5.41, 5.74) is 0. The van der Waals surface area contributed by atoms with Gasteiger partial charge in [-0.05, 0) is 12.8 Å². The van der Waals surface area contributed by atoms with Crippen molar-refractivity contribution in [2.45, 2.75) is 362 Å². The van der Waals surface area contributed by atoms with Crippen LogP contribution in [0.1, 0.15) is 252 Å². The minimum absolute atomic E-state index is 0.229. The maximum Gasteiger partial charge on any atom is 0.364 e. The second-order valence-corrected chi connectivity index (χ2v) is 25.0. The van der Waals surface area contributed by atoms with Crippen LogP contribution >= 0.6 is 0 Å². The lowest BCUT2D eigenvalue weighted by atomic mass is 9.88. The average molecular weight is 1250 g/mol. The number of carbonyl (C=O) groups is 3. The van der Waals surface area contributed by atoms with Gasteiger partial charge in [0.1, 0.15) is 67.1 Å². The van der Waals surface area contributed by atoms with Gasteiger partial charge in [-0.1, -0.05) is 219 Å². The van der Waals surface area contributed by atoms with Gasteiger partial charge in [-0.25, -0.2) is 4.79 Å². The summed E-state index contributed by atoms with van der Waals surface area (Å²) in [5, 5.41) is 136. The van der Waals surface area contributed by atoms with Crippen LogP contribution in [0.3, 0.4) is 0 Å². The van der Waals surface area contributed by atoms with E-state index in [-0.39, 0.29) is 18.9 Å². The maximum absolute atomic E-state index is 13.4. The van der Waals surface area contributed by atoms with Gasteiger partial charge < -0.3 is 100 Å². The number of unbranched alkanes of at least 4 members (excludes halogenated alkanes) is 31. The molecule has 0 saturated carbocycles. The number of carboxylic acid groups (broad SMARTS) is 1. The number of hydrogen-bond acceptors (Lipinski definition) is 20. The molecule has 3 aliphatic heterocycles. The van der Waals surface area contributed by atoms with Crippen LogP contribution in [0.2, 0.25) is 0 Å². The molecule has 0 spiro atoms. The molecule has 14 N–H and O–H groups in total. The maximum atomic E-state index is 13.4. The molecule has 3 heterocycles. The molecule has 0 radical (unpaired) electrons. The van der Waals surface area contributed by atoms with Crippen molar-refractivity contribution in [3.63, 3.8) is 0 Å². The van der Waals surface area contributed by atoms with E-state index in [0.717, 1.165) is 51.9 Å². The Balaban J connectivity index is 1.60. The van der Waals surface area contributed by atoms with Gasteiger partial charge in [-0.15, -0.1) is 0 Å². The standard InChI is InChI=1S/C64H120N2O21/c1-4-6-8-10-12-14-16-18-20-21-22-23-24-26-28-30-32-34-36-38-51(74)66-45(46(71)37-35-33-31-29-27-25-19-17-15-13-11-9-7-5-2)43-82-61-56(78)55(77)58(50(42-69)84-61)85-62-57(79)60(54(76)49(41-68)83-62)87-64(63(80)81)39-47(72)52(65-44(3)70)59(86-64)53(75)48(73)40-67/h45-50,52-62,67-69,71-73,75-79H,4-43H2,1-3H3,(H,65,70)(H,66,74)(H,80,81). The Bertz CT molecular complexity index is 1780. The quantitative estimate of drug-likeness (QED) is 0.0342. The highest BCUT2D eigenvalue weighted by atomic mass is 16.8. The molecule has 512 valence electrons. The monoisotopic (exact) mass is 1250 g/mol. The van der Waals surface area contributed by atoms with Crippen molar-refractivity contribution in [2.75, 3.05) is 26.4 Å². The van der Waals surface area contributed by atoms with Crippen LogP contribution in [0.4, 0.5) is 0 Å². The molecule has 0 bridgehead atoms. The van der Waals surface area contributed by atoms with Crippen LogP contribution in [0, 0.1) is 0 Å². The molecule has 3 aliphatic rings. The predicted molar refractivity (Wildman–Crippen MR) is 325 cm³/mol. The summed E-state index contributed by atoms with van der Waals surface area (Å²) in [6.07, 6.45) is 11.1. The third kappa shape index (κ3) is 29.1. The molecule has 0 aromatic rings. The van der Waals surface area contributed by atoms with Crippen LogP contribution < -0.4 is 10.6 Å². The molecule has 23 nitrogen and oxygen atoms in total. The number of aliphatic carboxylic acids is 1. The molecule has 0 aliphatic carbocycles. The SMILES string of the molecule is CCCCCCCCCCCCCCCCCCCCCC(=O)NC(COC1OC(CO)C(OC2OC(CO)C(O)C(OC3(C(=O)O)CC(O)C(NC(C)=O)C(C(O)C(O)CO)O3)C2O)C(O)C1O)C(O)CCCCCCCCCCCCCCCC. The zero-order valence-corrected chi connectivity index (χ0v) is 53.1. The normalized spacial score (nSPS) is 29.1. The van der Waals surface area contributed by atoms with Crippen molar-refractivity contribution in [1.29, 1.82) is 0 Å². The number of ether oxygens (including phenoxy) is 6. The lowest BCUT2D eigenvalue weighted by Crippen LogP contribution is -2.70. The third-order valence-corrected chi connectivity index (χ3v) is 17.6. The van der Waals surface area contributed by atoms with Crippen molar-refractivity contribution in [1.82, 2.24) is 10.6 Å². The van der Waals surface area contributed by atoms with Gasteiger partial charge in [-0.3, -0.25) is 9.59 Å². The molecule has 3 rings (SSSR count). The Morgan fingerprint density at radius 2 is 1.00 bits per heavy atom. The van der Waals surface area contributed by atoms with Gasteiger partial charge in [-0.2, -0.15) is 0 Å². The van der Waals surface area contributed by atoms with Crippen LogP contribution in [-0.2, 0) is 42.8 Å². The highest BCUT2D eigenvalue weighted by molar-refractivity contribution is 5.77. The van der Waals surface area contributed by atoms with Crippen molar-refractivity contribution in [2.24, 2.45) is 0 Å². The Morgan fingerprint density at radius 3 is 1.44 bits per heavy atom. The summed E-state index contributed by atoms with van der Waals surface area (Å²) >= 11 is 0. The van der Waals surface area contributed by atoms with Crippen molar-refractivity contribution >= 4 is 17.8 Å². The molecular formula is C64H120N2O21. The number of aliphatic hydroxyl groups is 11. The molecular weight excluding hydrogens is 1130 g/mol. The van der Waals surface area contributed by atoms with E-state index in [1.165, 1.54) is 154 Å². The molecule has 0 aromatic heterocycles. The number of carboxylic acids is 1. The van der Waals surface area contributed by atoms with E-state index in [1.54, 1.807) is 0 Å². The number of hydrogen-bond donors (Lipinski definition) is 14. The number of rotatable bonds is 51. The van der Waals surface area contributed by atoms with Gasteiger partial charge in [0.25, 0.3) is 5.79 Å². The van der Waals surface area contributed by atoms with E-state index in [0.29, 0.717) is 19.3 Å². The van der Waals surface area contributed by atoms with E-state index >= 15 is 0 Å². The summed E-state index contributed by atoms with van der Waals surface area (Å²) in [4.78, 5) is 38.5. The van der Waals surface area contributed by atoms with E-state index < -0.39 is 148 Å². The fourth-order valence-electron chi connectivity index (χ4n) is 12.1. The summed E-state index contributed by atoms with van der Waals surface area (Å²) in [6, 6.07) is -2.52. The van der Waals surface area contributed by atoms with Gasteiger partial charge in [0.15, 0.2) is 12.6 Å². The van der Waals surface area contributed by atoms with Gasteiger partial charge in [0, 0.05) is 19.8 Å². The Morgan fingerprint density at radius 1 is 0.552 bits per heavy atom. The second kappa shape index (κ2) is 45.9. The lowest BCUT2D eigenvalue weighted by Gasteiger charge is -2.50. The van der Waals surface area contributed by atoms with Gasteiger partial charge in [0.05, 0.1) is 50.7 Å². The highest BCUT2D eigenvalue weighted by Gasteiger charge is 2.60. The van der Waals surface area contributed by atoms with Crippen molar-refractivity contribution in [3.05, 3.63) is 0 Å².